The lowest BCUT2D eigenvalue weighted by molar-refractivity contribution is -0.158. The first-order chi connectivity index (χ1) is 11.3. The van der Waals surface area contributed by atoms with Gasteiger partial charge in [-0.3, -0.25) is 4.79 Å². The molecular weight excluding hydrogens is 300 g/mol. The second-order valence-corrected chi connectivity index (χ2v) is 8.42. The van der Waals surface area contributed by atoms with Crippen molar-refractivity contribution in [2.45, 2.75) is 122 Å². The molecule has 0 aliphatic heterocycles. The number of unbranched alkanes of at least 4 members (excludes halogenated alkanes) is 5. The normalized spacial score (nSPS) is 23.0. The van der Waals surface area contributed by atoms with Crippen LogP contribution in [0.5, 0.6) is 0 Å². The summed E-state index contributed by atoms with van der Waals surface area (Å²) in [5.74, 6) is -0.0917. The molecule has 142 valence electrons. The lowest BCUT2D eigenvalue weighted by Crippen LogP contribution is -2.48. The Labute approximate surface area is 149 Å². The van der Waals surface area contributed by atoms with Crippen molar-refractivity contribution < 1.29 is 9.53 Å². The number of carbonyl (C=O) groups is 1. The Morgan fingerprint density at radius 3 is 2.25 bits per heavy atom. The summed E-state index contributed by atoms with van der Waals surface area (Å²) in [6.07, 6.45) is 12.6. The molecule has 1 unspecified atom stereocenters. The first-order valence-electron chi connectivity index (χ1n) is 10.1. The molecule has 1 aliphatic rings. The summed E-state index contributed by atoms with van der Waals surface area (Å²) < 4.78 is 5.63. The molecule has 0 saturated heterocycles. The van der Waals surface area contributed by atoms with Crippen LogP contribution in [0.2, 0.25) is 0 Å². The molecule has 0 amide bonds. The van der Waals surface area contributed by atoms with E-state index in [0.717, 1.165) is 38.5 Å². The minimum Gasteiger partial charge on any atom is -0.459 e. The largest absolute Gasteiger partial charge is 0.459 e. The van der Waals surface area contributed by atoms with Crippen molar-refractivity contribution in [3.05, 3.63) is 0 Å². The van der Waals surface area contributed by atoms with Crippen LogP contribution in [-0.4, -0.2) is 29.7 Å². The molecule has 4 heteroatoms. The molecule has 0 bridgehead atoms. The average molecular weight is 341 g/mol. The maximum Gasteiger partial charge on any atom is 0.323 e. The Balaban J connectivity index is 2.44. The molecule has 1 saturated carbocycles. The maximum absolute atomic E-state index is 12.6. The third-order valence-electron chi connectivity index (χ3n) is 4.75. The van der Waals surface area contributed by atoms with E-state index in [1.165, 1.54) is 32.1 Å². The van der Waals surface area contributed by atoms with E-state index in [9.17, 15) is 4.79 Å². The van der Waals surface area contributed by atoms with Gasteiger partial charge < -0.3 is 15.8 Å². The van der Waals surface area contributed by atoms with Crippen molar-refractivity contribution in [3.8, 4) is 0 Å². The van der Waals surface area contributed by atoms with Gasteiger partial charge in [0.15, 0.2) is 0 Å². The Morgan fingerprint density at radius 2 is 1.67 bits per heavy atom. The molecule has 3 N–H and O–H groups in total. The van der Waals surface area contributed by atoms with Crippen molar-refractivity contribution in [2.75, 3.05) is 0 Å². The summed E-state index contributed by atoms with van der Waals surface area (Å²) in [7, 11) is 0. The lowest BCUT2D eigenvalue weighted by atomic mass is 9.91. The third kappa shape index (κ3) is 9.63. The van der Waals surface area contributed by atoms with Crippen LogP contribution < -0.4 is 11.1 Å². The Hall–Kier alpha value is -0.610. The molecule has 0 spiro atoms. The molecule has 0 aromatic rings. The van der Waals surface area contributed by atoms with Crippen molar-refractivity contribution in [3.63, 3.8) is 0 Å². The van der Waals surface area contributed by atoms with Gasteiger partial charge in [0, 0.05) is 12.1 Å². The molecule has 0 heterocycles. The summed E-state index contributed by atoms with van der Waals surface area (Å²) in [6, 6.07) is 0.568. The van der Waals surface area contributed by atoms with E-state index in [0.29, 0.717) is 12.1 Å². The minimum atomic E-state index is -0.424. The van der Waals surface area contributed by atoms with Crippen LogP contribution >= 0.6 is 0 Å². The first kappa shape index (κ1) is 21.4. The van der Waals surface area contributed by atoms with Crippen LogP contribution in [-0.2, 0) is 9.53 Å². The predicted molar refractivity (Wildman–Crippen MR) is 101 cm³/mol. The first-order valence-corrected chi connectivity index (χ1v) is 10.1. The number of carbonyl (C=O) groups excluding carboxylic acids is 1. The Morgan fingerprint density at radius 1 is 1.08 bits per heavy atom. The SMILES string of the molecule is CCCCCCCCC(NC1CCC(N)CC1)C(=O)OC(C)(C)C. The van der Waals surface area contributed by atoms with Crippen LogP contribution in [0.3, 0.4) is 0 Å². The number of rotatable bonds is 10. The highest BCUT2D eigenvalue weighted by molar-refractivity contribution is 5.76. The number of hydrogen-bond acceptors (Lipinski definition) is 4. The van der Waals surface area contributed by atoms with Gasteiger partial charge in [-0.25, -0.2) is 0 Å². The number of nitrogens with one attached hydrogen (secondary N) is 1. The standard InChI is InChI=1S/C20H40N2O2/c1-5-6-7-8-9-10-11-18(19(23)24-20(2,3)4)22-17-14-12-16(21)13-15-17/h16-18,22H,5-15,21H2,1-4H3. The molecule has 1 aliphatic carbocycles. The van der Waals surface area contributed by atoms with E-state index in [2.05, 4.69) is 12.2 Å². The predicted octanol–water partition coefficient (Wildman–Crippen LogP) is 4.31. The second kappa shape index (κ2) is 11.1. The minimum absolute atomic E-state index is 0.0917. The summed E-state index contributed by atoms with van der Waals surface area (Å²) in [5, 5.41) is 3.57. The fourth-order valence-corrected chi connectivity index (χ4v) is 3.34. The fraction of sp³-hybridized carbons (Fsp3) is 0.950. The summed E-state index contributed by atoms with van der Waals surface area (Å²) in [4.78, 5) is 12.6. The molecule has 1 rings (SSSR count). The van der Waals surface area contributed by atoms with Gasteiger partial charge >= 0.3 is 5.97 Å². The smallest absolute Gasteiger partial charge is 0.323 e. The van der Waals surface area contributed by atoms with Crippen LogP contribution in [0.4, 0.5) is 0 Å². The fourth-order valence-electron chi connectivity index (χ4n) is 3.34. The molecular formula is C20H40N2O2. The number of esters is 1. The monoisotopic (exact) mass is 340 g/mol. The van der Waals surface area contributed by atoms with E-state index in [-0.39, 0.29) is 12.0 Å². The van der Waals surface area contributed by atoms with Crippen molar-refractivity contribution in [2.24, 2.45) is 5.73 Å². The Bertz CT molecular complexity index is 344. The van der Waals surface area contributed by atoms with E-state index in [1.807, 2.05) is 20.8 Å². The molecule has 0 radical (unpaired) electrons. The van der Waals surface area contributed by atoms with Gasteiger partial charge in [-0.2, -0.15) is 0 Å². The van der Waals surface area contributed by atoms with Crippen molar-refractivity contribution >= 4 is 5.97 Å². The van der Waals surface area contributed by atoms with Crippen LogP contribution in [0.15, 0.2) is 0 Å². The van der Waals surface area contributed by atoms with Gasteiger partial charge in [-0.1, -0.05) is 45.4 Å². The molecule has 1 fully saturated rings. The van der Waals surface area contributed by atoms with E-state index in [1.54, 1.807) is 0 Å². The van der Waals surface area contributed by atoms with Gasteiger partial charge in [-0.15, -0.1) is 0 Å². The Kier molecular flexibility index (Phi) is 9.91. The van der Waals surface area contributed by atoms with E-state index >= 15 is 0 Å². The van der Waals surface area contributed by atoms with Crippen LogP contribution in [0.1, 0.15) is 98.3 Å². The lowest BCUT2D eigenvalue weighted by Gasteiger charge is -2.31. The van der Waals surface area contributed by atoms with Gasteiger partial charge in [0.2, 0.25) is 0 Å². The highest BCUT2D eigenvalue weighted by Crippen LogP contribution is 2.20. The summed E-state index contributed by atoms with van der Waals surface area (Å²) in [6.45, 7) is 8.05. The zero-order valence-electron chi connectivity index (χ0n) is 16.4. The van der Waals surface area contributed by atoms with Gasteiger partial charge in [0.05, 0.1) is 0 Å². The topological polar surface area (TPSA) is 64.3 Å². The van der Waals surface area contributed by atoms with Crippen LogP contribution in [0, 0.1) is 0 Å². The van der Waals surface area contributed by atoms with Gasteiger partial charge in [0.25, 0.3) is 0 Å². The zero-order chi connectivity index (χ0) is 18.0. The molecule has 4 nitrogen and oxygen atoms in total. The molecule has 0 aromatic carbocycles. The van der Waals surface area contributed by atoms with Gasteiger partial charge in [0.1, 0.15) is 11.6 Å². The number of nitrogens with two attached hydrogens (primary N) is 1. The van der Waals surface area contributed by atoms with E-state index in [4.69, 9.17) is 10.5 Å². The number of hydrogen-bond donors (Lipinski definition) is 2. The van der Waals surface area contributed by atoms with E-state index < -0.39 is 5.60 Å². The molecule has 1 atom stereocenters. The van der Waals surface area contributed by atoms with Crippen molar-refractivity contribution in [1.29, 1.82) is 0 Å². The zero-order valence-corrected chi connectivity index (χ0v) is 16.4. The highest BCUT2D eigenvalue weighted by Gasteiger charge is 2.28. The van der Waals surface area contributed by atoms with Crippen LogP contribution in [0.25, 0.3) is 0 Å². The maximum atomic E-state index is 12.6. The quantitative estimate of drug-likeness (QED) is 0.459. The second-order valence-electron chi connectivity index (χ2n) is 8.42. The third-order valence-corrected chi connectivity index (χ3v) is 4.75. The highest BCUT2D eigenvalue weighted by atomic mass is 16.6. The summed E-state index contributed by atoms with van der Waals surface area (Å²) in [5.41, 5.74) is 5.57. The van der Waals surface area contributed by atoms with Gasteiger partial charge in [-0.05, 0) is 52.9 Å². The molecule has 0 aromatic heterocycles. The number of ether oxygens (including phenoxy) is 1. The van der Waals surface area contributed by atoms with Crippen molar-refractivity contribution in [1.82, 2.24) is 5.32 Å². The summed E-state index contributed by atoms with van der Waals surface area (Å²) >= 11 is 0. The molecule has 24 heavy (non-hydrogen) atoms. The average Bonchev–Trinajstić information content (AvgIpc) is 2.49.